The van der Waals surface area contributed by atoms with E-state index in [1.54, 1.807) is 12.1 Å². The van der Waals surface area contributed by atoms with Gasteiger partial charge in [-0.15, -0.1) is 0 Å². The largest absolute Gasteiger partial charge is 0.351 e. The quantitative estimate of drug-likeness (QED) is 0.689. The average molecular weight is 442 g/mol. The number of carbonyl (C=O) groups is 1. The average Bonchev–Trinajstić information content (AvgIpc) is 3.15. The monoisotopic (exact) mass is 440 g/mol. The second kappa shape index (κ2) is 8.77. The van der Waals surface area contributed by atoms with Crippen molar-refractivity contribution in [1.82, 2.24) is 15.3 Å². The summed E-state index contributed by atoms with van der Waals surface area (Å²) in [6.45, 7) is 2.19. The van der Waals surface area contributed by atoms with Crippen molar-refractivity contribution in [3.8, 4) is 0 Å². The molecular formula is C18H19BrClFN4O. The molecule has 0 radical (unpaired) electrons. The van der Waals surface area contributed by atoms with E-state index in [0.717, 1.165) is 25.9 Å². The number of nitrogens with one attached hydrogen (secondary N) is 1. The number of aryl methyl sites for hydroxylation is 1. The van der Waals surface area contributed by atoms with Gasteiger partial charge in [-0.1, -0.05) is 33.6 Å². The first-order valence-electron chi connectivity index (χ1n) is 8.54. The molecule has 0 aliphatic carbocycles. The van der Waals surface area contributed by atoms with Crippen LogP contribution >= 0.6 is 27.5 Å². The van der Waals surface area contributed by atoms with Crippen molar-refractivity contribution in [1.29, 1.82) is 0 Å². The number of nitrogens with zero attached hydrogens (tertiary/aromatic N) is 3. The summed E-state index contributed by atoms with van der Waals surface area (Å²) in [7, 11) is 0. The lowest BCUT2D eigenvalue weighted by Crippen LogP contribution is -2.28. The highest BCUT2D eigenvalue weighted by atomic mass is 79.9. The molecule has 1 fully saturated rings. The summed E-state index contributed by atoms with van der Waals surface area (Å²) in [5.41, 5.74) is 0.803. The summed E-state index contributed by atoms with van der Waals surface area (Å²) in [6, 6.07) is 4.98. The Morgan fingerprint density at radius 1 is 1.35 bits per heavy atom. The molecular weight excluding hydrogens is 423 g/mol. The zero-order valence-electron chi connectivity index (χ0n) is 14.1. The van der Waals surface area contributed by atoms with Crippen molar-refractivity contribution in [2.45, 2.75) is 25.7 Å². The third-order valence-electron chi connectivity index (χ3n) is 4.26. The van der Waals surface area contributed by atoms with Crippen molar-refractivity contribution in [2.75, 3.05) is 24.5 Å². The molecule has 5 nitrogen and oxygen atoms in total. The van der Waals surface area contributed by atoms with Gasteiger partial charge in [-0.05, 0) is 43.4 Å². The summed E-state index contributed by atoms with van der Waals surface area (Å²) >= 11 is 9.32. The third kappa shape index (κ3) is 4.71. The van der Waals surface area contributed by atoms with Gasteiger partial charge in [0, 0.05) is 24.1 Å². The molecule has 1 aromatic carbocycles. The topological polar surface area (TPSA) is 58.1 Å². The van der Waals surface area contributed by atoms with E-state index < -0.39 is 0 Å². The number of hydrogen-bond acceptors (Lipinski definition) is 4. The molecule has 0 spiro atoms. The Morgan fingerprint density at radius 3 is 2.85 bits per heavy atom. The van der Waals surface area contributed by atoms with E-state index in [-0.39, 0.29) is 22.4 Å². The zero-order chi connectivity index (χ0) is 18.5. The molecule has 26 heavy (non-hydrogen) atoms. The second-order valence-electron chi connectivity index (χ2n) is 6.16. The molecule has 1 amide bonds. The minimum atomic E-state index is -0.339. The van der Waals surface area contributed by atoms with Crippen molar-refractivity contribution >= 4 is 39.4 Å². The SMILES string of the molecule is O=C(NCCCc1ccc(Br)cc1F)c1nc(N2CCCC2)ncc1Cl. The fourth-order valence-electron chi connectivity index (χ4n) is 2.88. The maximum Gasteiger partial charge on any atom is 0.271 e. The number of amides is 1. The molecule has 0 atom stereocenters. The minimum absolute atomic E-state index is 0.179. The molecule has 1 aliphatic rings. The number of rotatable bonds is 6. The Bertz CT molecular complexity index is 799. The molecule has 1 aromatic heterocycles. The van der Waals surface area contributed by atoms with Gasteiger partial charge in [-0.3, -0.25) is 4.79 Å². The number of halogens is 3. The van der Waals surface area contributed by atoms with Crippen molar-refractivity contribution in [3.05, 3.63) is 51.0 Å². The molecule has 8 heteroatoms. The highest BCUT2D eigenvalue weighted by molar-refractivity contribution is 9.10. The molecule has 2 heterocycles. The first-order chi connectivity index (χ1) is 12.5. The first-order valence-corrected chi connectivity index (χ1v) is 9.71. The molecule has 2 aromatic rings. The van der Waals surface area contributed by atoms with Crippen LogP contribution in [-0.4, -0.2) is 35.5 Å². The van der Waals surface area contributed by atoms with Crippen LogP contribution in [0.15, 0.2) is 28.9 Å². The summed E-state index contributed by atoms with van der Waals surface area (Å²) in [5, 5.41) is 3.02. The van der Waals surface area contributed by atoms with Crippen LogP contribution in [0.3, 0.4) is 0 Å². The van der Waals surface area contributed by atoms with Gasteiger partial charge >= 0.3 is 0 Å². The van der Waals surface area contributed by atoms with Crippen LogP contribution in [0, 0.1) is 5.82 Å². The molecule has 0 bridgehead atoms. The Labute approximate surface area is 165 Å². The molecule has 3 rings (SSSR count). The zero-order valence-corrected chi connectivity index (χ0v) is 16.5. The number of benzene rings is 1. The lowest BCUT2D eigenvalue weighted by atomic mass is 10.1. The fourth-order valence-corrected chi connectivity index (χ4v) is 3.39. The van der Waals surface area contributed by atoms with Gasteiger partial charge in [0.25, 0.3) is 5.91 Å². The molecule has 0 saturated carbocycles. The third-order valence-corrected chi connectivity index (χ3v) is 5.03. The number of hydrogen-bond donors (Lipinski definition) is 1. The molecule has 0 unspecified atom stereocenters. The van der Waals surface area contributed by atoms with Gasteiger partial charge in [0.2, 0.25) is 5.95 Å². The van der Waals surface area contributed by atoms with Crippen LogP contribution in [-0.2, 0) is 6.42 Å². The van der Waals surface area contributed by atoms with Crippen LogP contribution in [0.2, 0.25) is 5.02 Å². The molecule has 138 valence electrons. The predicted octanol–water partition coefficient (Wildman–Crippen LogP) is 3.99. The van der Waals surface area contributed by atoms with E-state index in [1.807, 2.05) is 4.90 Å². The van der Waals surface area contributed by atoms with Gasteiger partial charge in [-0.25, -0.2) is 14.4 Å². The van der Waals surface area contributed by atoms with Gasteiger partial charge < -0.3 is 10.2 Å². The van der Waals surface area contributed by atoms with Crippen LogP contribution in [0.4, 0.5) is 10.3 Å². The highest BCUT2D eigenvalue weighted by Gasteiger charge is 2.19. The minimum Gasteiger partial charge on any atom is -0.351 e. The maximum atomic E-state index is 13.8. The normalized spacial score (nSPS) is 13.9. The second-order valence-corrected chi connectivity index (χ2v) is 7.48. The lowest BCUT2D eigenvalue weighted by molar-refractivity contribution is 0.0948. The summed E-state index contributed by atoms with van der Waals surface area (Å²) in [6.07, 6.45) is 4.82. The van der Waals surface area contributed by atoms with Crippen molar-refractivity contribution < 1.29 is 9.18 Å². The van der Waals surface area contributed by atoms with Crippen LogP contribution < -0.4 is 10.2 Å². The summed E-state index contributed by atoms with van der Waals surface area (Å²) in [4.78, 5) is 23.0. The number of carbonyl (C=O) groups excluding carboxylic acids is 1. The van der Waals surface area contributed by atoms with Gasteiger partial charge in [0.15, 0.2) is 5.69 Å². The summed E-state index contributed by atoms with van der Waals surface area (Å²) < 4.78 is 14.5. The lowest BCUT2D eigenvalue weighted by Gasteiger charge is -2.16. The van der Waals surface area contributed by atoms with E-state index in [4.69, 9.17) is 11.6 Å². The van der Waals surface area contributed by atoms with Crippen molar-refractivity contribution in [2.24, 2.45) is 0 Å². The highest BCUT2D eigenvalue weighted by Crippen LogP contribution is 2.20. The predicted molar refractivity (Wildman–Crippen MR) is 103 cm³/mol. The van der Waals surface area contributed by atoms with Crippen LogP contribution in [0.25, 0.3) is 0 Å². The van der Waals surface area contributed by atoms with E-state index in [9.17, 15) is 9.18 Å². The van der Waals surface area contributed by atoms with Gasteiger partial charge in [0.05, 0.1) is 11.2 Å². The van der Waals surface area contributed by atoms with E-state index in [2.05, 4.69) is 31.2 Å². The Balaban J connectivity index is 1.55. The van der Waals surface area contributed by atoms with E-state index in [1.165, 1.54) is 12.3 Å². The standard InChI is InChI=1S/C18H19BrClFN4O/c19-13-6-5-12(15(21)10-13)4-3-7-22-17(26)16-14(20)11-23-18(24-16)25-8-1-2-9-25/h5-6,10-11H,1-4,7-9H2,(H,22,26). The maximum absolute atomic E-state index is 13.8. The van der Waals surface area contributed by atoms with E-state index >= 15 is 0 Å². The first kappa shape index (κ1) is 19.0. The fraction of sp³-hybridized carbons (Fsp3) is 0.389. The number of aromatic nitrogens is 2. The molecule has 1 saturated heterocycles. The Morgan fingerprint density at radius 2 is 2.12 bits per heavy atom. The molecule has 1 N–H and O–H groups in total. The smallest absolute Gasteiger partial charge is 0.271 e. The van der Waals surface area contributed by atoms with E-state index in [0.29, 0.717) is 35.4 Å². The summed E-state index contributed by atoms with van der Waals surface area (Å²) in [5.74, 6) is -0.0529. The van der Waals surface area contributed by atoms with Gasteiger partial charge in [0.1, 0.15) is 5.82 Å². The Hall–Kier alpha value is -1.73. The van der Waals surface area contributed by atoms with Crippen LogP contribution in [0.5, 0.6) is 0 Å². The molecule has 1 aliphatic heterocycles. The number of anilines is 1. The van der Waals surface area contributed by atoms with Crippen molar-refractivity contribution in [3.63, 3.8) is 0 Å². The Kier molecular flexibility index (Phi) is 6.43. The van der Waals surface area contributed by atoms with Gasteiger partial charge in [-0.2, -0.15) is 0 Å². The van der Waals surface area contributed by atoms with Crippen LogP contribution in [0.1, 0.15) is 35.3 Å².